The van der Waals surface area contributed by atoms with Gasteiger partial charge in [-0.05, 0) is 30.5 Å². The number of aromatic amines is 2. The Labute approximate surface area is 159 Å². The summed E-state index contributed by atoms with van der Waals surface area (Å²) in [6, 6.07) is 5.53. The summed E-state index contributed by atoms with van der Waals surface area (Å²) in [5.74, 6) is 0.105. The zero-order chi connectivity index (χ0) is 18.9. The quantitative estimate of drug-likeness (QED) is 0.598. The summed E-state index contributed by atoms with van der Waals surface area (Å²) in [6.07, 6.45) is 0.148. The monoisotopic (exact) mass is 383 g/mol. The number of aliphatic hydroxyl groups excluding tert-OH is 1. The number of hydrogen-bond donors (Lipinski definition) is 3. The minimum Gasteiger partial charge on any atom is -0.392 e. The van der Waals surface area contributed by atoms with E-state index in [1.807, 2.05) is 12.1 Å². The fourth-order valence-electron chi connectivity index (χ4n) is 4.58. The van der Waals surface area contributed by atoms with Crippen molar-refractivity contribution in [2.45, 2.75) is 44.1 Å². The molecule has 3 N–H and O–H groups in total. The highest BCUT2D eigenvalue weighted by Gasteiger charge is 2.46. The SMILES string of the molecule is CC1(C)C2=C(CC(c3nn[nH]n3)C(O)C2)C(=O)c2c1[nH]c1cc(Cl)ccc21. The third-order valence-corrected chi connectivity index (χ3v) is 6.24. The van der Waals surface area contributed by atoms with Crippen LogP contribution in [-0.4, -0.2) is 42.6 Å². The summed E-state index contributed by atoms with van der Waals surface area (Å²) in [6.45, 7) is 4.18. The Hall–Kier alpha value is -2.51. The van der Waals surface area contributed by atoms with Crippen LogP contribution < -0.4 is 0 Å². The van der Waals surface area contributed by atoms with Crippen molar-refractivity contribution in [3.8, 4) is 0 Å². The molecular formula is C19H18ClN5O2. The van der Waals surface area contributed by atoms with E-state index in [0.717, 1.165) is 27.7 Å². The highest BCUT2D eigenvalue weighted by molar-refractivity contribution is 6.31. The van der Waals surface area contributed by atoms with Crippen molar-refractivity contribution < 1.29 is 9.90 Å². The molecule has 27 heavy (non-hydrogen) atoms. The second kappa shape index (κ2) is 5.50. The standard InChI is InChI=1S/C19H18ClN5O2/c1-19(2)12-7-14(26)11(18-22-24-25-23-18)6-10(12)16(27)15-9-4-3-8(20)5-13(9)21-17(15)19/h3-5,11,14,21,26H,6-7H2,1-2H3,(H,22,23,24,25). The Morgan fingerprint density at radius 3 is 2.85 bits per heavy atom. The normalized spacial score (nSPS) is 24.2. The molecule has 0 saturated heterocycles. The minimum atomic E-state index is -0.659. The lowest BCUT2D eigenvalue weighted by atomic mass is 9.64. The molecule has 0 fully saturated rings. The number of halogens is 1. The van der Waals surface area contributed by atoms with Crippen LogP contribution in [0.4, 0.5) is 0 Å². The molecule has 1 aromatic carbocycles. The Kier molecular flexibility index (Phi) is 3.39. The number of nitrogens with one attached hydrogen (secondary N) is 2. The molecule has 2 unspecified atom stereocenters. The molecule has 0 amide bonds. The van der Waals surface area contributed by atoms with Gasteiger partial charge in [-0.1, -0.05) is 36.7 Å². The summed E-state index contributed by atoms with van der Waals surface area (Å²) < 4.78 is 0. The van der Waals surface area contributed by atoms with Gasteiger partial charge in [0, 0.05) is 32.6 Å². The number of H-pyrrole nitrogens is 2. The number of carbonyl (C=O) groups is 1. The summed E-state index contributed by atoms with van der Waals surface area (Å²) in [4.78, 5) is 16.9. The molecule has 7 nitrogen and oxygen atoms in total. The average Bonchev–Trinajstić information content (AvgIpc) is 3.27. The molecular weight excluding hydrogens is 366 g/mol. The topological polar surface area (TPSA) is 108 Å². The van der Waals surface area contributed by atoms with Gasteiger partial charge >= 0.3 is 0 Å². The fraction of sp³-hybridized carbons (Fsp3) is 0.368. The first-order chi connectivity index (χ1) is 12.9. The Balaban J connectivity index is 1.69. The van der Waals surface area contributed by atoms with E-state index in [-0.39, 0.29) is 11.7 Å². The lowest BCUT2D eigenvalue weighted by molar-refractivity contribution is 0.0969. The number of aliphatic hydroxyl groups is 1. The predicted molar refractivity (Wildman–Crippen MR) is 99.9 cm³/mol. The van der Waals surface area contributed by atoms with Gasteiger partial charge in [0.05, 0.1) is 17.6 Å². The van der Waals surface area contributed by atoms with Crippen LogP contribution in [0.5, 0.6) is 0 Å². The van der Waals surface area contributed by atoms with E-state index >= 15 is 0 Å². The van der Waals surface area contributed by atoms with Gasteiger partial charge < -0.3 is 10.1 Å². The minimum absolute atomic E-state index is 0.00768. The molecule has 8 heteroatoms. The number of nitrogens with zero attached hydrogens (tertiary/aromatic N) is 3. The van der Waals surface area contributed by atoms with Crippen molar-refractivity contribution in [1.82, 2.24) is 25.6 Å². The van der Waals surface area contributed by atoms with Gasteiger partial charge in [0.25, 0.3) is 0 Å². The number of carbonyl (C=O) groups excluding carboxylic acids is 1. The Morgan fingerprint density at radius 2 is 2.11 bits per heavy atom. The lowest BCUT2D eigenvalue weighted by Gasteiger charge is -2.40. The van der Waals surface area contributed by atoms with Crippen LogP contribution in [0.1, 0.15) is 54.5 Å². The number of ketones is 1. The van der Waals surface area contributed by atoms with Gasteiger partial charge in [-0.2, -0.15) is 5.21 Å². The van der Waals surface area contributed by atoms with Crippen molar-refractivity contribution in [3.63, 3.8) is 0 Å². The number of allylic oxidation sites excluding steroid dienone is 1. The molecule has 2 heterocycles. The lowest BCUT2D eigenvalue weighted by Crippen LogP contribution is -2.38. The Morgan fingerprint density at radius 1 is 1.30 bits per heavy atom. The third-order valence-electron chi connectivity index (χ3n) is 6.00. The first-order valence-corrected chi connectivity index (χ1v) is 9.26. The van der Waals surface area contributed by atoms with E-state index in [2.05, 4.69) is 39.5 Å². The van der Waals surface area contributed by atoms with Crippen LogP contribution in [-0.2, 0) is 5.41 Å². The van der Waals surface area contributed by atoms with Crippen LogP contribution in [0, 0.1) is 0 Å². The zero-order valence-electron chi connectivity index (χ0n) is 14.9. The van der Waals surface area contributed by atoms with Gasteiger partial charge in [-0.3, -0.25) is 4.79 Å². The van der Waals surface area contributed by atoms with E-state index in [0.29, 0.717) is 29.3 Å². The summed E-state index contributed by atoms with van der Waals surface area (Å²) >= 11 is 6.14. The van der Waals surface area contributed by atoms with Crippen molar-refractivity contribution in [3.05, 3.63) is 51.4 Å². The third kappa shape index (κ3) is 2.25. The molecule has 0 aliphatic heterocycles. The summed E-state index contributed by atoms with van der Waals surface area (Å²) in [5, 5.41) is 26.3. The smallest absolute Gasteiger partial charge is 0.191 e. The second-order valence-corrected chi connectivity index (χ2v) is 8.26. The zero-order valence-corrected chi connectivity index (χ0v) is 15.6. The van der Waals surface area contributed by atoms with E-state index in [1.54, 1.807) is 6.07 Å². The maximum absolute atomic E-state index is 13.5. The van der Waals surface area contributed by atoms with Crippen molar-refractivity contribution in [2.75, 3.05) is 0 Å². The van der Waals surface area contributed by atoms with E-state index in [4.69, 9.17) is 11.6 Å². The molecule has 0 radical (unpaired) electrons. The van der Waals surface area contributed by atoms with Gasteiger partial charge in [0.2, 0.25) is 0 Å². The maximum Gasteiger partial charge on any atom is 0.191 e. The summed E-state index contributed by atoms with van der Waals surface area (Å²) in [5.41, 5.74) is 3.77. The largest absolute Gasteiger partial charge is 0.392 e. The molecule has 2 aliphatic rings. The van der Waals surface area contributed by atoms with Gasteiger partial charge in [-0.25, -0.2) is 0 Å². The van der Waals surface area contributed by atoms with Gasteiger partial charge in [0.15, 0.2) is 11.6 Å². The number of rotatable bonds is 1. The average molecular weight is 384 g/mol. The van der Waals surface area contributed by atoms with Crippen LogP contribution >= 0.6 is 11.6 Å². The van der Waals surface area contributed by atoms with Crippen LogP contribution in [0.25, 0.3) is 10.9 Å². The van der Waals surface area contributed by atoms with Crippen LogP contribution in [0.15, 0.2) is 29.3 Å². The molecule has 2 aliphatic carbocycles. The van der Waals surface area contributed by atoms with Crippen molar-refractivity contribution >= 4 is 28.3 Å². The molecule has 0 saturated carbocycles. The number of aromatic nitrogens is 5. The van der Waals surface area contributed by atoms with Crippen molar-refractivity contribution in [2.24, 2.45) is 0 Å². The molecule has 0 bridgehead atoms. The molecule has 3 aromatic rings. The number of fused-ring (bicyclic) bond motifs is 3. The fourth-order valence-corrected chi connectivity index (χ4v) is 4.75. The highest BCUT2D eigenvalue weighted by Crippen LogP contribution is 2.50. The number of tetrazole rings is 1. The van der Waals surface area contributed by atoms with Crippen LogP contribution in [0.2, 0.25) is 5.02 Å². The first kappa shape index (κ1) is 16.6. The van der Waals surface area contributed by atoms with E-state index in [1.165, 1.54) is 0 Å². The summed E-state index contributed by atoms with van der Waals surface area (Å²) in [7, 11) is 0. The van der Waals surface area contributed by atoms with E-state index in [9.17, 15) is 9.90 Å². The molecule has 5 rings (SSSR count). The molecule has 0 spiro atoms. The van der Waals surface area contributed by atoms with Gasteiger partial charge in [-0.15, -0.1) is 10.2 Å². The predicted octanol–water partition coefficient (Wildman–Crippen LogP) is 3.04. The van der Waals surface area contributed by atoms with Gasteiger partial charge in [0.1, 0.15) is 0 Å². The molecule has 138 valence electrons. The van der Waals surface area contributed by atoms with E-state index < -0.39 is 11.5 Å². The highest BCUT2D eigenvalue weighted by atomic mass is 35.5. The molecule has 2 aromatic heterocycles. The maximum atomic E-state index is 13.5. The van der Waals surface area contributed by atoms with Crippen LogP contribution in [0.3, 0.4) is 0 Å². The second-order valence-electron chi connectivity index (χ2n) is 7.83. The number of benzene rings is 1. The Bertz CT molecular complexity index is 1110. The molecule has 2 atom stereocenters. The number of Topliss-reactive ketones (excluding diaryl/α,β-unsaturated/α-hetero) is 1. The number of hydrogen-bond acceptors (Lipinski definition) is 5. The first-order valence-electron chi connectivity index (χ1n) is 8.88. The van der Waals surface area contributed by atoms with Crippen molar-refractivity contribution in [1.29, 1.82) is 0 Å².